The second kappa shape index (κ2) is 14.7. The molecule has 0 atom stereocenters. The van der Waals surface area contributed by atoms with Crippen LogP contribution in [0.15, 0.2) is 18.2 Å². The van der Waals surface area contributed by atoms with E-state index in [1.807, 2.05) is 10.9 Å². The van der Waals surface area contributed by atoms with Crippen molar-refractivity contribution in [3.63, 3.8) is 0 Å². The van der Waals surface area contributed by atoms with Crippen molar-refractivity contribution < 1.29 is 33.3 Å². The summed E-state index contributed by atoms with van der Waals surface area (Å²) in [6.07, 6.45) is 0. The topological polar surface area (TPSA) is 156 Å². The fourth-order valence-corrected chi connectivity index (χ4v) is 2.01. The highest BCUT2D eigenvalue weighted by Gasteiger charge is 2.12. The molecule has 0 unspecified atom stereocenters. The van der Waals surface area contributed by atoms with Gasteiger partial charge >= 0.3 is 0 Å². The number of amides is 2. The van der Waals surface area contributed by atoms with Crippen molar-refractivity contribution in [2.75, 3.05) is 60.0 Å². The van der Waals surface area contributed by atoms with Crippen LogP contribution in [0.2, 0.25) is 0 Å². The zero-order valence-corrected chi connectivity index (χ0v) is 15.9. The monoisotopic (exact) mass is 400 g/mol. The molecule has 11 heteroatoms. The number of nitrogen functional groups attached to an aromatic ring is 2. The number of nitrogens with two attached hydrogens (primary N) is 2. The molecule has 0 fully saturated rings. The summed E-state index contributed by atoms with van der Waals surface area (Å²) in [4.78, 5) is 23.4. The predicted molar refractivity (Wildman–Crippen MR) is 99.6 cm³/mol. The number of methoxy groups -OCH3 is 1. The third-order valence-electron chi connectivity index (χ3n) is 3.37. The number of hydrogen-bond acceptors (Lipinski definition) is 9. The number of carbonyl (C=O) groups excluding carboxylic acids is 2. The summed E-state index contributed by atoms with van der Waals surface area (Å²) in [6.45, 7) is 3.43. The maximum Gasteiger partial charge on any atom is 0.265 e. The number of ether oxygens (including phenoxy) is 5. The van der Waals surface area contributed by atoms with Crippen molar-refractivity contribution in [1.29, 1.82) is 0 Å². The van der Waals surface area contributed by atoms with Gasteiger partial charge in [-0.1, -0.05) is 0 Å². The van der Waals surface area contributed by atoms with Crippen LogP contribution < -0.4 is 27.3 Å². The largest absolute Gasteiger partial charge is 0.491 e. The van der Waals surface area contributed by atoms with Crippen molar-refractivity contribution in [2.24, 2.45) is 11.7 Å². The van der Waals surface area contributed by atoms with E-state index in [1.54, 1.807) is 7.11 Å². The Kier molecular flexibility index (Phi) is 12.5. The third kappa shape index (κ3) is 9.60. The van der Waals surface area contributed by atoms with Crippen molar-refractivity contribution in [3.05, 3.63) is 29.3 Å². The second-order valence-electron chi connectivity index (χ2n) is 5.37. The molecule has 6 N–H and O–H groups in total. The lowest BCUT2D eigenvalue weighted by molar-refractivity contribution is 0.000160. The van der Waals surface area contributed by atoms with Crippen molar-refractivity contribution >= 4 is 11.8 Å². The fourth-order valence-electron chi connectivity index (χ4n) is 2.01. The van der Waals surface area contributed by atoms with Crippen LogP contribution >= 0.6 is 0 Å². The van der Waals surface area contributed by atoms with Crippen LogP contribution in [0.5, 0.6) is 5.75 Å². The third-order valence-corrected chi connectivity index (χ3v) is 3.37. The molecule has 0 aliphatic heterocycles. The minimum atomic E-state index is -0.559. The summed E-state index contributed by atoms with van der Waals surface area (Å²) in [5.74, 6) is 9.44. The number of benzene rings is 1. The van der Waals surface area contributed by atoms with Crippen LogP contribution in [0, 0.1) is 0 Å². The maximum atomic E-state index is 11.7. The van der Waals surface area contributed by atoms with Crippen molar-refractivity contribution in [2.45, 2.75) is 0 Å². The average molecular weight is 400 g/mol. The van der Waals surface area contributed by atoms with Gasteiger partial charge in [0.2, 0.25) is 0 Å². The molecule has 0 saturated carbocycles. The molecule has 28 heavy (non-hydrogen) atoms. The van der Waals surface area contributed by atoms with Gasteiger partial charge in [-0.15, -0.1) is 0 Å². The molecule has 0 bridgehead atoms. The molecule has 0 spiro atoms. The first-order valence-electron chi connectivity index (χ1n) is 8.64. The van der Waals surface area contributed by atoms with E-state index >= 15 is 0 Å². The molecule has 0 heterocycles. The Morgan fingerprint density at radius 3 is 1.61 bits per heavy atom. The first kappa shape index (κ1) is 23.8. The molecule has 0 aliphatic carbocycles. The lowest BCUT2D eigenvalue weighted by atomic mass is 10.1. The van der Waals surface area contributed by atoms with Gasteiger partial charge in [-0.05, 0) is 18.2 Å². The number of hydrazine groups is 2. The van der Waals surface area contributed by atoms with E-state index in [0.29, 0.717) is 52.0 Å². The van der Waals surface area contributed by atoms with E-state index in [9.17, 15) is 9.59 Å². The van der Waals surface area contributed by atoms with E-state index in [1.165, 1.54) is 18.2 Å². The summed E-state index contributed by atoms with van der Waals surface area (Å²) in [6, 6.07) is 4.27. The van der Waals surface area contributed by atoms with Gasteiger partial charge < -0.3 is 23.7 Å². The van der Waals surface area contributed by atoms with Crippen LogP contribution in [0.1, 0.15) is 20.7 Å². The fraction of sp³-hybridized carbons (Fsp3) is 0.529. The Morgan fingerprint density at radius 2 is 1.18 bits per heavy atom. The van der Waals surface area contributed by atoms with E-state index in [4.69, 9.17) is 35.4 Å². The zero-order valence-electron chi connectivity index (χ0n) is 15.9. The molecule has 0 radical (unpaired) electrons. The first-order chi connectivity index (χ1) is 13.6. The molecular formula is C17H28N4O7. The number of rotatable bonds is 15. The van der Waals surface area contributed by atoms with E-state index in [0.717, 1.165) is 0 Å². The van der Waals surface area contributed by atoms with Crippen LogP contribution in [0.25, 0.3) is 0 Å². The Bertz CT molecular complexity index is 567. The van der Waals surface area contributed by atoms with Crippen LogP contribution in [0.3, 0.4) is 0 Å². The van der Waals surface area contributed by atoms with E-state index in [-0.39, 0.29) is 17.7 Å². The lowest BCUT2D eigenvalue weighted by Gasteiger charge is -2.11. The van der Waals surface area contributed by atoms with Gasteiger partial charge in [0.25, 0.3) is 11.8 Å². The Labute approximate surface area is 163 Å². The minimum Gasteiger partial charge on any atom is -0.491 e. The van der Waals surface area contributed by atoms with Crippen LogP contribution in [0.4, 0.5) is 0 Å². The SMILES string of the molecule is COCCOCCOCCOCCOc1cc(C(=O)NN)cc(C(=O)NN)c1. The molecule has 158 valence electrons. The maximum absolute atomic E-state index is 11.7. The van der Waals surface area contributed by atoms with E-state index in [2.05, 4.69) is 0 Å². The van der Waals surface area contributed by atoms with Crippen LogP contribution in [-0.4, -0.2) is 71.8 Å². The lowest BCUT2D eigenvalue weighted by Crippen LogP contribution is -2.32. The first-order valence-corrected chi connectivity index (χ1v) is 8.64. The Morgan fingerprint density at radius 1 is 0.750 bits per heavy atom. The summed E-state index contributed by atoms with van der Waals surface area (Å²) in [5, 5.41) is 0. The highest BCUT2D eigenvalue weighted by molar-refractivity contribution is 5.99. The summed E-state index contributed by atoms with van der Waals surface area (Å²) >= 11 is 0. The normalized spacial score (nSPS) is 10.5. The number of nitrogens with one attached hydrogen (secondary N) is 2. The quantitative estimate of drug-likeness (QED) is 0.125. The van der Waals surface area contributed by atoms with Crippen LogP contribution in [-0.2, 0) is 18.9 Å². The van der Waals surface area contributed by atoms with Gasteiger partial charge in [-0.25, -0.2) is 11.7 Å². The minimum absolute atomic E-state index is 0.167. The standard InChI is InChI=1S/C17H28N4O7/c1-24-2-3-25-4-5-26-6-7-27-8-9-28-15-11-13(16(22)20-18)10-14(12-15)17(23)21-19/h10-12H,2-9,18-19H2,1H3,(H,20,22)(H,21,23). The van der Waals surface area contributed by atoms with Gasteiger partial charge in [-0.3, -0.25) is 20.4 Å². The highest BCUT2D eigenvalue weighted by Crippen LogP contribution is 2.17. The van der Waals surface area contributed by atoms with Crippen molar-refractivity contribution in [3.8, 4) is 5.75 Å². The number of hydrogen-bond donors (Lipinski definition) is 4. The smallest absolute Gasteiger partial charge is 0.265 e. The Hall–Kier alpha value is -2.28. The molecule has 0 aliphatic rings. The van der Waals surface area contributed by atoms with Gasteiger partial charge in [0, 0.05) is 18.2 Å². The average Bonchev–Trinajstić information content (AvgIpc) is 2.73. The Balaban J connectivity index is 2.27. The van der Waals surface area contributed by atoms with Gasteiger partial charge in [0.15, 0.2) is 0 Å². The molecular weight excluding hydrogens is 372 g/mol. The molecule has 2 amide bonds. The van der Waals surface area contributed by atoms with Gasteiger partial charge in [0.1, 0.15) is 12.4 Å². The molecule has 1 rings (SSSR count). The summed E-state index contributed by atoms with van der Waals surface area (Å²) < 4.78 is 26.4. The zero-order chi connectivity index (χ0) is 20.6. The van der Waals surface area contributed by atoms with Gasteiger partial charge in [0.05, 0.1) is 46.2 Å². The molecule has 0 saturated heterocycles. The molecule has 1 aromatic rings. The van der Waals surface area contributed by atoms with E-state index < -0.39 is 11.8 Å². The highest BCUT2D eigenvalue weighted by atomic mass is 16.6. The molecule has 0 aromatic heterocycles. The second-order valence-corrected chi connectivity index (χ2v) is 5.37. The molecule has 11 nitrogen and oxygen atoms in total. The molecule has 1 aromatic carbocycles. The van der Waals surface area contributed by atoms with Gasteiger partial charge in [-0.2, -0.15) is 0 Å². The van der Waals surface area contributed by atoms with Crippen molar-refractivity contribution in [1.82, 2.24) is 10.9 Å². The summed E-state index contributed by atoms with van der Waals surface area (Å²) in [7, 11) is 1.62. The summed E-state index contributed by atoms with van der Waals surface area (Å²) in [5.41, 5.74) is 4.33. The predicted octanol–water partition coefficient (Wildman–Crippen LogP) is -1.03. The number of carbonyl (C=O) groups is 2.